The van der Waals surface area contributed by atoms with E-state index in [0.717, 1.165) is 17.1 Å². The summed E-state index contributed by atoms with van der Waals surface area (Å²) in [5.74, 6) is -2.20. The molecule has 2 N–H and O–H groups in total. The highest BCUT2D eigenvalue weighted by molar-refractivity contribution is 7.89. The van der Waals surface area contributed by atoms with Crippen LogP contribution in [0.3, 0.4) is 0 Å². The summed E-state index contributed by atoms with van der Waals surface area (Å²) in [5, 5.41) is 26.0. The van der Waals surface area contributed by atoms with Crippen LogP contribution in [0.5, 0.6) is 11.5 Å². The second-order valence-corrected chi connectivity index (χ2v) is 9.11. The number of nitro groups is 1. The van der Waals surface area contributed by atoms with E-state index in [9.17, 15) is 18.5 Å². The lowest BCUT2D eigenvalue weighted by atomic mass is 10.2. The predicted molar refractivity (Wildman–Crippen MR) is 115 cm³/mol. The number of para-hydroxylation sites is 1. The number of fused-ring (bicyclic) bond motifs is 1. The number of piperazine rings is 1. The van der Waals surface area contributed by atoms with E-state index in [2.05, 4.69) is 4.90 Å². The second-order valence-electron chi connectivity index (χ2n) is 7.20. The third kappa shape index (κ3) is 5.78. The molecule has 13 nitrogen and oxygen atoms in total. The first-order valence-electron chi connectivity index (χ1n) is 9.90. The number of nitro benzene ring substituents is 1. The quantitative estimate of drug-likeness (QED) is 0.343. The molecule has 14 heteroatoms. The summed E-state index contributed by atoms with van der Waals surface area (Å²) in [6, 6.07) is 11.2. The van der Waals surface area contributed by atoms with Gasteiger partial charge < -0.3 is 19.7 Å². The van der Waals surface area contributed by atoms with Gasteiger partial charge in [-0.3, -0.25) is 15.0 Å². The molecular formula is C20H21N3O10S. The third-order valence-electron chi connectivity index (χ3n) is 5.04. The number of benzene rings is 2. The van der Waals surface area contributed by atoms with Gasteiger partial charge in [-0.15, -0.1) is 0 Å². The molecule has 0 bridgehead atoms. The van der Waals surface area contributed by atoms with E-state index < -0.39 is 32.6 Å². The lowest BCUT2D eigenvalue weighted by Gasteiger charge is -2.33. The van der Waals surface area contributed by atoms with Gasteiger partial charge in [-0.05, 0) is 23.8 Å². The fourth-order valence-corrected chi connectivity index (χ4v) is 4.97. The standard InChI is InChI=1S/C18H19N3O6S.C2H2O4/c22-21(23)15-3-1-2-4-18(15)28(24,25)20-9-7-19(8-10-20)12-14-5-6-16-17(11-14)27-13-26-16;3-1(4)2(5)6/h1-6,11H,7-10,12-13H2;(H,3,4)(H,5,6). The molecule has 0 radical (unpaired) electrons. The average Bonchev–Trinajstić information content (AvgIpc) is 3.28. The molecule has 34 heavy (non-hydrogen) atoms. The number of rotatable bonds is 5. The normalized spacial score (nSPS) is 15.8. The Morgan fingerprint density at radius 2 is 1.59 bits per heavy atom. The maximum Gasteiger partial charge on any atom is 0.414 e. The molecule has 0 amide bonds. The van der Waals surface area contributed by atoms with Crippen molar-refractivity contribution in [3.05, 3.63) is 58.1 Å². The van der Waals surface area contributed by atoms with Gasteiger partial charge in [-0.25, -0.2) is 18.0 Å². The molecule has 0 unspecified atom stereocenters. The molecule has 182 valence electrons. The second kappa shape index (κ2) is 10.5. The fourth-order valence-electron chi connectivity index (χ4n) is 3.39. The SMILES string of the molecule is O=C(O)C(=O)O.O=[N+]([O-])c1ccccc1S(=O)(=O)N1CCN(Cc2ccc3c(c2)OCO3)CC1. The maximum absolute atomic E-state index is 12.9. The predicted octanol–water partition coefficient (Wildman–Crippen LogP) is 0.986. The summed E-state index contributed by atoms with van der Waals surface area (Å²) in [6.45, 7) is 2.51. The average molecular weight is 495 g/mol. The van der Waals surface area contributed by atoms with E-state index >= 15 is 0 Å². The summed E-state index contributed by atoms with van der Waals surface area (Å²) >= 11 is 0. The summed E-state index contributed by atoms with van der Waals surface area (Å²) in [5.41, 5.74) is 0.657. The zero-order valence-electron chi connectivity index (χ0n) is 17.7. The minimum Gasteiger partial charge on any atom is -0.473 e. The molecule has 2 heterocycles. The van der Waals surface area contributed by atoms with Crippen LogP contribution in [0.25, 0.3) is 0 Å². The first-order chi connectivity index (χ1) is 16.1. The molecule has 2 aliphatic heterocycles. The molecule has 1 fully saturated rings. The number of carboxylic acids is 2. The van der Waals surface area contributed by atoms with Crippen molar-refractivity contribution in [3.63, 3.8) is 0 Å². The highest BCUT2D eigenvalue weighted by atomic mass is 32.2. The number of hydrogen-bond donors (Lipinski definition) is 2. The van der Waals surface area contributed by atoms with Crippen molar-refractivity contribution < 1.29 is 42.6 Å². The van der Waals surface area contributed by atoms with E-state index in [4.69, 9.17) is 29.3 Å². The van der Waals surface area contributed by atoms with Crippen LogP contribution in [0.4, 0.5) is 5.69 Å². The van der Waals surface area contributed by atoms with Crippen LogP contribution in [0.2, 0.25) is 0 Å². The van der Waals surface area contributed by atoms with Gasteiger partial charge in [0.15, 0.2) is 16.4 Å². The number of ether oxygens (including phenoxy) is 2. The first-order valence-corrected chi connectivity index (χ1v) is 11.3. The van der Waals surface area contributed by atoms with Crippen molar-refractivity contribution >= 4 is 27.6 Å². The van der Waals surface area contributed by atoms with E-state index in [0.29, 0.717) is 19.6 Å². The van der Waals surface area contributed by atoms with Gasteiger partial charge in [0, 0.05) is 38.8 Å². The minimum atomic E-state index is -3.91. The van der Waals surface area contributed by atoms with Crippen LogP contribution < -0.4 is 9.47 Å². The summed E-state index contributed by atoms with van der Waals surface area (Å²) in [6.07, 6.45) is 0. The number of sulfonamides is 1. The molecule has 0 aromatic heterocycles. The Kier molecular flexibility index (Phi) is 7.65. The third-order valence-corrected chi connectivity index (χ3v) is 6.98. The monoisotopic (exact) mass is 495 g/mol. The maximum atomic E-state index is 12.9. The van der Waals surface area contributed by atoms with Crippen molar-refractivity contribution in [2.24, 2.45) is 0 Å². The highest BCUT2D eigenvalue weighted by Gasteiger charge is 2.33. The van der Waals surface area contributed by atoms with Gasteiger partial charge in [-0.1, -0.05) is 18.2 Å². The number of aliphatic carboxylic acids is 2. The van der Waals surface area contributed by atoms with E-state index in [1.807, 2.05) is 18.2 Å². The van der Waals surface area contributed by atoms with Crippen molar-refractivity contribution in [2.75, 3.05) is 33.0 Å². The molecule has 4 rings (SSSR count). The van der Waals surface area contributed by atoms with Crippen molar-refractivity contribution in [1.82, 2.24) is 9.21 Å². The number of carbonyl (C=O) groups is 2. The number of nitrogens with zero attached hydrogens (tertiary/aromatic N) is 3. The Hall–Kier alpha value is -3.75. The Morgan fingerprint density at radius 3 is 2.21 bits per heavy atom. The van der Waals surface area contributed by atoms with Crippen molar-refractivity contribution in [3.8, 4) is 11.5 Å². The zero-order chi connectivity index (χ0) is 24.9. The van der Waals surface area contributed by atoms with Gasteiger partial charge in [0.2, 0.25) is 16.8 Å². The van der Waals surface area contributed by atoms with Crippen LogP contribution in [0.15, 0.2) is 47.4 Å². The zero-order valence-corrected chi connectivity index (χ0v) is 18.5. The summed E-state index contributed by atoms with van der Waals surface area (Å²) in [7, 11) is -3.91. The van der Waals surface area contributed by atoms with Gasteiger partial charge in [-0.2, -0.15) is 4.31 Å². The minimum absolute atomic E-state index is 0.223. The lowest BCUT2D eigenvalue weighted by molar-refractivity contribution is -0.387. The van der Waals surface area contributed by atoms with Crippen molar-refractivity contribution in [2.45, 2.75) is 11.4 Å². The smallest absolute Gasteiger partial charge is 0.414 e. The van der Waals surface area contributed by atoms with Crippen LogP contribution in [-0.4, -0.2) is 77.7 Å². The van der Waals surface area contributed by atoms with Crippen LogP contribution in [-0.2, 0) is 26.2 Å². The topological polar surface area (TPSA) is 177 Å². The van der Waals surface area contributed by atoms with Gasteiger partial charge in [0.25, 0.3) is 5.69 Å². The van der Waals surface area contributed by atoms with E-state index in [-0.39, 0.29) is 24.8 Å². The van der Waals surface area contributed by atoms with E-state index in [1.54, 1.807) is 0 Å². The Balaban J connectivity index is 0.000000481. The van der Waals surface area contributed by atoms with Gasteiger partial charge in [0.1, 0.15) is 0 Å². The largest absolute Gasteiger partial charge is 0.473 e. The fraction of sp³-hybridized carbons (Fsp3) is 0.300. The van der Waals surface area contributed by atoms with Crippen LogP contribution >= 0.6 is 0 Å². The molecule has 1 saturated heterocycles. The Morgan fingerprint density at radius 1 is 0.971 bits per heavy atom. The Bertz CT molecular complexity index is 1180. The number of carboxylic acid groups (broad SMARTS) is 2. The lowest BCUT2D eigenvalue weighted by Crippen LogP contribution is -2.48. The van der Waals surface area contributed by atoms with Crippen LogP contribution in [0.1, 0.15) is 5.56 Å². The van der Waals surface area contributed by atoms with Crippen molar-refractivity contribution in [1.29, 1.82) is 0 Å². The number of hydrogen-bond acceptors (Lipinski definition) is 9. The summed E-state index contributed by atoms with van der Waals surface area (Å²) < 4.78 is 37.8. The molecule has 0 aliphatic carbocycles. The molecule has 0 atom stereocenters. The molecule has 2 aliphatic rings. The molecule has 2 aromatic rings. The molecule has 0 saturated carbocycles. The Labute approximate surface area is 193 Å². The van der Waals surface area contributed by atoms with Crippen LogP contribution in [0, 0.1) is 10.1 Å². The van der Waals surface area contributed by atoms with Gasteiger partial charge in [0.05, 0.1) is 4.92 Å². The van der Waals surface area contributed by atoms with Gasteiger partial charge >= 0.3 is 11.9 Å². The molecule has 0 spiro atoms. The first kappa shape index (κ1) is 24.9. The molecular weight excluding hydrogens is 474 g/mol. The summed E-state index contributed by atoms with van der Waals surface area (Å²) in [4.78, 5) is 30.6. The molecule has 2 aromatic carbocycles. The van der Waals surface area contributed by atoms with E-state index in [1.165, 1.54) is 28.6 Å². The highest BCUT2D eigenvalue weighted by Crippen LogP contribution is 2.33.